The zero-order chi connectivity index (χ0) is 16.8. The summed E-state index contributed by atoms with van der Waals surface area (Å²) < 4.78 is 0.996. The molecule has 0 radical (unpaired) electrons. The van der Waals surface area contributed by atoms with Gasteiger partial charge < -0.3 is 10.2 Å². The van der Waals surface area contributed by atoms with Crippen LogP contribution in [0.15, 0.2) is 65.3 Å². The second kappa shape index (κ2) is 7.88. The topological polar surface area (TPSA) is 53.9 Å². The first-order valence-electron chi connectivity index (χ1n) is 7.76. The van der Waals surface area contributed by atoms with Crippen LogP contribution in [0.1, 0.15) is 12.5 Å². The molecule has 0 aliphatic heterocycles. The Kier molecular flexibility index (Phi) is 5.38. The van der Waals surface area contributed by atoms with Gasteiger partial charge in [0.05, 0.1) is 6.20 Å². The third kappa shape index (κ3) is 4.29. The molecule has 0 amide bonds. The normalized spacial score (nSPS) is 10.4. The molecule has 2 aromatic carbocycles. The van der Waals surface area contributed by atoms with Crippen LogP contribution in [0.3, 0.4) is 0 Å². The second-order valence-corrected chi connectivity index (χ2v) is 6.19. The largest absolute Gasteiger partial charge is 0.351 e. The lowest BCUT2D eigenvalue weighted by Gasteiger charge is -2.21. The predicted molar refractivity (Wildman–Crippen MR) is 100 cm³/mol. The zero-order valence-corrected chi connectivity index (χ0v) is 14.9. The van der Waals surface area contributed by atoms with Crippen LogP contribution in [-0.2, 0) is 6.54 Å². The van der Waals surface area contributed by atoms with Gasteiger partial charge in [-0.3, -0.25) is 0 Å². The molecule has 1 heterocycles. The highest BCUT2D eigenvalue weighted by atomic mass is 79.9. The van der Waals surface area contributed by atoms with E-state index < -0.39 is 0 Å². The van der Waals surface area contributed by atoms with Gasteiger partial charge in [0, 0.05) is 23.2 Å². The average molecular weight is 384 g/mol. The molecular formula is C18H18BrN5. The fraction of sp³-hybridized carbons (Fsp3) is 0.167. The number of rotatable bonds is 6. The Balaban J connectivity index is 1.78. The number of hydrogen-bond donors (Lipinski definition) is 1. The molecule has 0 saturated heterocycles. The van der Waals surface area contributed by atoms with Crippen molar-refractivity contribution in [3.8, 4) is 0 Å². The molecule has 0 unspecified atom stereocenters. The number of benzene rings is 2. The van der Waals surface area contributed by atoms with Crippen LogP contribution < -0.4 is 10.2 Å². The molecule has 0 spiro atoms. The fourth-order valence-electron chi connectivity index (χ4n) is 2.35. The van der Waals surface area contributed by atoms with Crippen molar-refractivity contribution in [1.82, 2.24) is 15.2 Å². The summed E-state index contributed by atoms with van der Waals surface area (Å²) in [5.41, 5.74) is 2.15. The summed E-state index contributed by atoms with van der Waals surface area (Å²) in [7, 11) is 0. The van der Waals surface area contributed by atoms with Gasteiger partial charge in [-0.25, -0.2) is 0 Å². The first kappa shape index (κ1) is 16.4. The van der Waals surface area contributed by atoms with Gasteiger partial charge in [0.1, 0.15) is 0 Å². The predicted octanol–water partition coefficient (Wildman–Crippen LogP) is 4.40. The van der Waals surface area contributed by atoms with Gasteiger partial charge in [-0.15, -0.1) is 5.10 Å². The minimum atomic E-state index is 0.483. The molecule has 0 aliphatic carbocycles. The summed E-state index contributed by atoms with van der Waals surface area (Å²) in [4.78, 5) is 6.75. The van der Waals surface area contributed by atoms with Crippen LogP contribution in [0.2, 0.25) is 0 Å². The third-order valence-electron chi connectivity index (χ3n) is 3.55. The van der Waals surface area contributed by atoms with Crippen LogP contribution >= 0.6 is 15.9 Å². The van der Waals surface area contributed by atoms with E-state index in [0.717, 1.165) is 29.1 Å². The van der Waals surface area contributed by atoms with Crippen LogP contribution in [-0.4, -0.2) is 21.7 Å². The maximum Gasteiger partial charge on any atom is 0.249 e. The van der Waals surface area contributed by atoms with Crippen LogP contribution in [0.25, 0.3) is 0 Å². The van der Waals surface area contributed by atoms with Crippen molar-refractivity contribution in [2.24, 2.45) is 0 Å². The van der Waals surface area contributed by atoms with Crippen molar-refractivity contribution in [3.05, 3.63) is 70.8 Å². The molecule has 3 aromatic rings. The molecule has 5 nitrogen and oxygen atoms in total. The number of nitrogens with zero attached hydrogens (tertiary/aromatic N) is 4. The standard InChI is InChI=1S/C18H18BrN5/c1-2-24(13-14-7-4-3-5-8-14)17-12-20-23-18(22-17)21-16-10-6-9-15(19)11-16/h3-12H,2,13H2,1H3,(H,21,22,23). The van der Waals surface area contributed by atoms with E-state index in [1.807, 2.05) is 42.5 Å². The van der Waals surface area contributed by atoms with E-state index in [4.69, 9.17) is 0 Å². The molecule has 122 valence electrons. The number of aromatic nitrogens is 3. The smallest absolute Gasteiger partial charge is 0.249 e. The number of hydrogen-bond acceptors (Lipinski definition) is 5. The van der Waals surface area contributed by atoms with E-state index in [1.165, 1.54) is 5.56 Å². The molecule has 0 fully saturated rings. The zero-order valence-electron chi connectivity index (χ0n) is 13.4. The summed E-state index contributed by atoms with van der Waals surface area (Å²) in [6, 6.07) is 18.2. The van der Waals surface area contributed by atoms with E-state index in [-0.39, 0.29) is 0 Å². The van der Waals surface area contributed by atoms with Crippen molar-refractivity contribution in [3.63, 3.8) is 0 Å². The van der Waals surface area contributed by atoms with E-state index in [2.05, 4.69) is 60.4 Å². The van der Waals surface area contributed by atoms with Crippen molar-refractivity contribution >= 4 is 33.4 Å². The van der Waals surface area contributed by atoms with E-state index in [0.29, 0.717) is 5.95 Å². The highest BCUT2D eigenvalue weighted by Gasteiger charge is 2.09. The number of nitrogens with one attached hydrogen (secondary N) is 1. The summed E-state index contributed by atoms with van der Waals surface area (Å²) in [5, 5.41) is 11.3. The number of halogens is 1. The summed E-state index contributed by atoms with van der Waals surface area (Å²) in [6.07, 6.45) is 1.69. The highest BCUT2D eigenvalue weighted by molar-refractivity contribution is 9.10. The average Bonchev–Trinajstić information content (AvgIpc) is 2.61. The highest BCUT2D eigenvalue weighted by Crippen LogP contribution is 2.20. The molecule has 6 heteroatoms. The minimum absolute atomic E-state index is 0.483. The van der Waals surface area contributed by atoms with Crippen molar-refractivity contribution in [2.75, 3.05) is 16.8 Å². The Bertz CT molecular complexity index is 794. The Hall–Kier alpha value is -2.47. The summed E-state index contributed by atoms with van der Waals surface area (Å²) in [6.45, 7) is 3.72. The lowest BCUT2D eigenvalue weighted by Crippen LogP contribution is -2.23. The summed E-state index contributed by atoms with van der Waals surface area (Å²) in [5.74, 6) is 1.28. The first-order chi connectivity index (χ1) is 11.7. The Labute approximate surface area is 149 Å². The quantitative estimate of drug-likeness (QED) is 0.683. The third-order valence-corrected chi connectivity index (χ3v) is 4.04. The Morgan fingerprint density at radius 3 is 2.67 bits per heavy atom. The minimum Gasteiger partial charge on any atom is -0.351 e. The molecule has 3 rings (SSSR count). The Morgan fingerprint density at radius 1 is 1.08 bits per heavy atom. The molecule has 0 saturated carbocycles. The van der Waals surface area contributed by atoms with E-state index in [1.54, 1.807) is 6.20 Å². The van der Waals surface area contributed by atoms with Gasteiger partial charge in [-0.1, -0.05) is 52.3 Å². The fourth-order valence-corrected chi connectivity index (χ4v) is 2.75. The van der Waals surface area contributed by atoms with Gasteiger partial charge in [0.25, 0.3) is 0 Å². The van der Waals surface area contributed by atoms with Crippen molar-refractivity contribution < 1.29 is 0 Å². The maximum atomic E-state index is 4.59. The second-order valence-electron chi connectivity index (χ2n) is 5.27. The molecular weight excluding hydrogens is 366 g/mol. The van der Waals surface area contributed by atoms with Crippen LogP contribution in [0, 0.1) is 0 Å². The molecule has 1 aromatic heterocycles. The molecule has 1 N–H and O–H groups in total. The first-order valence-corrected chi connectivity index (χ1v) is 8.55. The van der Waals surface area contributed by atoms with E-state index >= 15 is 0 Å². The van der Waals surface area contributed by atoms with Gasteiger partial charge >= 0.3 is 0 Å². The molecule has 0 aliphatic rings. The van der Waals surface area contributed by atoms with Gasteiger partial charge in [-0.2, -0.15) is 10.1 Å². The van der Waals surface area contributed by atoms with Crippen LogP contribution in [0.5, 0.6) is 0 Å². The lowest BCUT2D eigenvalue weighted by atomic mass is 10.2. The van der Waals surface area contributed by atoms with Gasteiger partial charge in [0.2, 0.25) is 5.95 Å². The monoisotopic (exact) mass is 383 g/mol. The molecule has 24 heavy (non-hydrogen) atoms. The molecule has 0 bridgehead atoms. The maximum absolute atomic E-state index is 4.59. The van der Waals surface area contributed by atoms with Crippen molar-refractivity contribution in [2.45, 2.75) is 13.5 Å². The van der Waals surface area contributed by atoms with Gasteiger partial charge in [-0.05, 0) is 30.7 Å². The Morgan fingerprint density at radius 2 is 1.92 bits per heavy atom. The van der Waals surface area contributed by atoms with Crippen molar-refractivity contribution in [1.29, 1.82) is 0 Å². The molecule has 0 atom stereocenters. The van der Waals surface area contributed by atoms with Gasteiger partial charge in [0.15, 0.2) is 5.82 Å². The van der Waals surface area contributed by atoms with Crippen LogP contribution in [0.4, 0.5) is 17.5 Å². The SMILES string of the molecule is CCN(Cc1ccccc1)c1cnnc(Nc2cccc(Br)c2)n1. The number of anilines is 3. The summed E-state index contributed by atoms with van der Waals surface area (Å²) >= 11 is 3.46. The van der Waals surface area contributed by atoms with E-state index in [9.17, 15) is 0 Å². The lowest BCUT2D eigenvalue weighted by molar-refractivity contribution is 0.798.